The third-order valence-electron chi connectivity index (χ3n) is 3.57. The summed E-state index contributed by atoms with van der Waals surface area (Å²) in [7, 11) is 0. The monoisotopic (exact) mass is 380 g/mol. The molecule has 0 aromatic heterocycles. The lowest BCUT2D eigenvalue weighted by Crippen LogP contribution is -2.15. The summed E-state index contributed by atoms with van der Waals surface area (Å²) in [6, 6.07) is 0. The second-order valence-electron chi connectivity index (χ2n) is 5.96. The van der Waals surface area contributed by atoms with Crippen LogP contribution in [0.5, 0.6) is 0 Å². The first-order chi connectivity index (χ1) is 12.8. The summed E-state index contributed by atoms with van der Waals surface area (Å²) in [5.74, 6) is 0. The Morgan fingerprint density at radius 2 is 1.04 bits per heavy atom. The van der Waals surface area contributed by atoms with Crippen molar-refractivity contribution in [2.75, 3.05) is 79.3 Å². The van der Waals surface area contributed by atoms with Gasteiger partial charge in [-0.3, -0.25) is 0 Å². The molecule has 0 aliphatic heterocycles. The minimum absolute atomic E-state index is 0.0419. The van der Waals surface area contributed by atoms with Gasteiger partial charge in [0, 0.05) is 0 Å². The molecule has 0 aromatic rings. The summed E-state index contributed by atoms with van der Waals surface area (Å²) in [5, 5.41) is 8.52. The van der Waals surface area contributed by atoms with E-state index in [0.29, 0.717) is 78.8 Å². The Hall–Kier alpha value is -0.280. The molecule has 1 atom stereocenters. The number of rotatable bonds is 22. The zero-order valence-electron chi connectivity index (χ0n) is 16.8. The fourth-order valence-corrected chi connectivity index (χ4v) is 2.12. The highest BCUT2D eigenvalue weighted by atomic mass is 16.6. The van der Waals surface area contributed by atoms with Gasteiger partial charge in [-0.1, -0.05) is 26.2 Å². The van der Waals surface area contributed by atoms with Crippen molar-refractivity contribution in [3.8, 4) is 0 Å². The van der Waals surface area contributed by atoms with E-state index >= 15 is 0 Å². The molecule has 0 fully saturated rings. The average molecular weight is 381 g/mol. The second-order valence-corrected chi connectivity index (χ2v) is 5.96. The molecule has 0 aromatic carbocycles. The first-order valence-electron chi connectivity index (χ1n) is 9.92. The third kappa shape index (κ3) is 21.8. The van der Waals surface area contributed by atoms with E-state index in [1.54, 1.807) is 0 Å². The van der Waals surface area contributed by atoms with Crippen LogP contribution in [-0.4, -0.2) is 90.5 Å². The van der Waals surface area contributed by atoms with E-state index in [2.05, 4.69) is 13.8 Å². The van der Waals surface area contributed by atoms with Crippen LogP contribution >= 0.6 is 0 Å². The minimum atomic E-state index is 0.0419. The number of hydrogen-bond acceptors (Lipinski definition) is 7. The molecule has 7 nitrogen and oxygen atoms in total. The van der Waals surface area contributed by atoms with Gasteiger partial charge in [0.15, 0.2) is 0 Å². The molecule has 0 amide bonds. The second kappa shape index (κ2) is 22.8. The van der Waals surface area contributed by atoms with E-state index in [0.717, 1.165) is 6.42 Å². The third-order valence-corrected chi connectivity index (χ3v) is 3.57. The van der Waals surface area contributed by atoms with Crippen LogP contribution in [0.25, 0.3) is 0 Å². The van der Waals surface area contributed by atoms with E-state index in [4.69, 9.17) is 33.5 Å². The van der Waals surface area contributed by atoms with Crippen LogP contribution in [0.2, 0.25) is 0 Å². The highest BCUT2D eigenvalue weighted by Crippen LogP contribution is 2.05. The van der Waals surface area contributed by atoms with Crippen molar-refractivity contribution in [3.63, 3.8) is 0 Å². The largest absolute Gasteiger partial charge is 0.394 e. The first-order valence-corrected chi connectivity index (χ1v) is 9.92. The molecule has 0 heterocycles. The van der Waals surface area contributed by atoms with Crippen molar-refractivity contribution in [1.82, 2.24) is 0 Å². The lowest BCUT2D eigenvalue weighted by Gasteiger charge is -2.13. The van der Waals surface area contributed by atoms with E-state index < -0.39 is 0 Å². The van der Waals surface area contributed by atoms with Crippen LogP contribution in [0.4, 0.5) is 0 Å². The predicted molar refractivity (Wildman–Crippen MR) is 101 cm³/mol. The normalized spacial score (nSPS) is 12.6. The van der Waals surface area contributed by atoms with Crippen molar-refractivity contribution in [1.29, 1.82) is 0 Å². The molecule has 0 spiro atoms. The summed E-state index contributed by atoms with van der Waals surface area (Å²) in [4.78, 5) is 0. The smallest absolute Gasteiger partial charge is 0.0704 e. The Bertz CT molecular complexity index is 254. The fourth-order valence-electron chi connectivity index (χ4n) is 2.12. The van der Waals surface area contributed by atoms with E-state index in [-0.39, 0.29) is 6.61 Å². The van der Waals surface area contributed by atoms with Gasteiger partial charge in [-0.05, 0) is 13.3 Å². The van der Waals surface area contributed by atoms with Gasteiger partial charge >= 0.3 is 0 Å². The maximum Gasteiger partial charge on any atom is 0.0704 e. The van der Waals surface area contributed by atoms with Crippen LogP contribution < -0.4 is 0 Å². The van der Waals surface area contributed by atoms with Gasteiger partial charge < -0.3 is 33.5 Å². The Morgan fingerprint density at radius 1 is 0.615 bits per heavy atom. The highest BCUT2D eigenvalue weighted by molar-refractivity contribution is 4.50. The molecule has 0 aliphatic rings. The molecule has 26 heavy (non-hydrogen) atoms. The van der Waals surface area contributed by atoms with Crippen LogP contribution in [0.15, 0.2) is 0 Å². The van der Waals surface area contributed by atoms with Gasteiger partial charge in [-0.25, -0.2) is 0 Å². The zero-order valence-corrected chi connectivity index (χ0v) is 16.8. The van der Waals surface area contributed by atoms with Gasteiger partial charge in [0.2, 0.25) is 0 Å². The highest BCUT2D eigenvalue weighted by Gasteiger charge is 2.01. The van der Waals surface area contributed by atoms with Gasteiger partial charge in [-0.15, -0.1) is 0 Å². The summed E-state index contributed by atoms with van der Waals surface area (Å²) in [5.41, 5.74) is 0. The lowest BCUT2D eigenvalue weighted by molar-refractivity contribution is -0.0247. The number of aliphatic hydroxyl groups excluding tert-OH is 1. The molecule has 0 bridgehead atoms. The van der Waals surface area contributed by atoms with Gasteiger partial charge in [0.1, 0.15) is 0 Å². The molecular weight excluding hydrogens is 340 g/mol. The molecule has 1 unspecified atom stereocenters. The lowest BCUT2D eigenvalue weighted by atomic mass is 10.1. The Labute approximate surface area is 159 Å². The van der Waals surface area contributed by atoms with Crippen molar-refractivity contribution >= 4 is 0 Å². The molecule has 0 radical (unpaired) electrons. The zero-order chi connectivity index (χ0) is 19.1. The van der Waals surface area contributed by atoms with E-state index in [1.165, 1.54) is 19.3 Å². The molecule has 158 valence electrons. The predicted octanol–water partition coefficient (Wildman–Crippen LogP) is 2.05. The summed E-state index contributed by atoms with van der Waals surface area (Å²) in [6.07, 6.45) is 5.20. The topological polar surface area (TPSA) is 75.6 Å². The maximum absolute atomic E-state index is 8.52. The summed E-state index contributed by atoms with van der Waals surface area (Å²) < 4.78 is 32.3. The Morgan fingerprint density at radius 3 is 1.46 bits per heavy atom. The van der Waals surface area contributed by atoms with E-state index in [9.17, 15) is 0 Å². The van der Waals surface area contributed by atoms with Gasteiger partial charge in [-0.2, -0.15) is 0 Å². The molecular formula is C19H40O7. The van der Waals surface area contributed by atoms with Crippen LogP contribution in [0.3, 0.4) is 0 Å². The van der Waals surface area contributed by atoms with Crippen LogP contribution in [0, 0.1) is 0 Å². The molecule has 0 rings (SSSR count). The number of unbranched alkanes of at least 4 members (excludes halogenated alkanes) is 2. The van der Waals surface area contributed by atoms with Crippen molar-refractivity contribution in [2.45, 2.75) is 45.6 Å². The Balaban J connectivity index is 3.05. The van der Waals surface area contributed by atoms with E-state index in [1.807, 2.05) is 0 Å². The number of ether oxygens (including phenoxy) is 6. The van der Waals surface area contributed by atoms with Crippen molar-refractivity contribution < 1.29 is 33.5 Å². The fraction of sp³-hybridized carbons (Fsp3) is 1.00. The van der Waals surface area contributed by atoms with Crippen molar-refractivity contribution in [3.05, 3.63) is 0 Å². The maximum atomic E-state index is 8.52. The molecule has 0 saturated heterocycles. The van der Waals surface area contributed by atoms with Gasteiger partial charge in [0.25, 0.3) is 0 Å². The standard InChI is InChI=1S/C19H40O7/c1-3-4-5-6-19(2)26-18-17-25-16-15-24-14-13-23-12-11-22-10-9-21-8-7-20/h19-20H,3-18H2,1-2H3. The summed E-state index contributed by atoms with van der Waals surface area (Å²) >= 11 is 0. The van der Waals surface area contributed by atoms with Crippen LogP contribution in [-0.2, 0) is 28.4 Å². The minimum Gasteiger partial charge on any atom is -0.394 e. The first kappa shape index (κ1) is 25.7. The number of aliphatic hydroxyl groups is 1. The quantitative estimate of drug-likeness (QED) is 0.288. The molecule has 1 N–H and O–H groups in total. The number of hydrogen-bond donors (Lipinski definition) is 1. The SMILES string of the molecule is CCCCCC(C)OCCOCCOCCOCCOCCOCCO. The van der Waals surface area contributed by atoms with Gasteiger partial charge in [0.05, 0.1) is 85.4 Å². The Kier molecular flexibility index (Phi) is 22.5. The molecule has 0 saturated carbocycles. The molecule has 0 aliphatic carbocycles. The summed E-state index contributed by atoms with van der Waals surface area (Å²) in [6.45, 7) is 10.3. The molecule has 7 heteroatoms. The van der Waals surface area contributed by atoms with Crippen molar-refractivity contribution in [2.24, 2.45) is 0 Å². The van der Waals surface area contributed by atoms with Crippen LogP contribution in [0.1, 0.15) is 39.5 Å². The average Bonchev–Trinajstić information content (AvgIpc) is 2.64.